The van der Waals surface area contributed by atoms with E-state index >= 15 is 0 Å². The molecular formula is C17H22O4. The molecule has 0 aliphatic heterocycles. The Hall–Kier alpha value is -2.10. The number of methoxy groups -OCH3 is 1. The summed E-state index contributed by atoms with van der Waals surface area (Å²) >= 11 is 0. The molecule has 0 saturated heterocycles. The summed E-state index contributed by atoms with van der Waals surface area (Å²) in [5, 5.41) is 9.96. The summed E-state index contributed by atoms with van der Waals surface area (Å²) in [4.78, 5) is 23.9. The zero-order valence-electron chi connectivity index (χ0n) is 13.0. The van der Waals surface area contributed by atoms with Crippen LogP contribution >= 0.6 is 0 Å². The maximum absolute atomic E-state index is 12.0. The second-order valence-electron chi connectivity index (χ2n) is 5.50. The number of Topliss-reactive ketones (excluding diaryl/α,β-unsaturated/α-hetero) is 1. The van der Waals surface area contributed by atoms with E-state index in [0.717, 1.165) is 18.1 Å². The van der Waals surface area contributed by atoms with Crippen LogP contribution in [0.1, 0.15) is 33.6 Å². The number of hydrogen-bond donors (Lipinski definition) is 1. The minimum atomic E-state index is -0.644. The summed E-state index contributed by atoms with van der Waals surface area (Å²) in [5.41, 5.74) is 2.22. The Morgan fingerprint density at radius 3 is 2.48 bits per heavy atom. The van der Waals surface area contributed by atoms with E-state index in [1.807, 2.05) is 20.8 Å². The van der Waals surface area contributed by atoms with E-state index in [4.69, 9.17) is 4.74 Å². The number of hydrogen-bond acceptors (Lipinski definition) is 4. The molecular weight excluding hydrogens is 268 g/mol. The van der Waals surface area contributed by atoms with E-state index in [9.17, 15) is 14.7 Å². The van der Waals surface area contributed by atoms with Crippen molar-refractivity contribution in [2.24, 2.45) is 5.92 Å². The van der Waals surface area contributed by atoms with Crippen LogP contribution in [0.4, 0.5) is 0 Å². The number of aliphatic hydroxyl groups is 1. The van der Waals surface area contributed by atoms with Gasteiger partial charge < -0.3 is 9.84 Å². The van der Waals surface area contributed by atoms with Crippen molar-refractivity contribution in [2.45, 2.75) is 33.6 Å². The van der Waals surface area contributed by atoms with E-state index in [0.29, 0.717) is 6.42 Å². The smallest absolute Gasteiger partial charge is 0.262 e. The highest BCUT2D eigenvalue weighted by Gasteiger charge is 2.30. The molecule has 21 heavy (non-hydrogen) atoms. The van der Waals surface area contributed by atoms with Gasteiger partial charge >= 0.3 is 0 Å². The highest BCUT2D eigenvalue weighted by Crippen LogP contribution is 2.28. The zero-order valence-corrected chi connectivity index (χ0v) is 13.0. The SMILES string of the molecule is C=C(C)C(CC=C(C)C)CC1=C(O)C(=O)C(OC)=CC1=O. The lowest BCUT2D eigenvalue weighted by Crippen LogP contribution is -2.22. The summed E-state index contributed by atoms with van der Waals surface area (Å²) in [6.07, 6.45) is 4.20. The van der Waals surface area contributed by atoms with Gasteiger partial charge in [-0.05, 0) is 39.5 Å². The van der Waals surface area contributed by atoms with Gasteiger partial charge in [0.15, 0.2) is 17.3 Å². The first kappa shape index (κ1) is 17.0. The molecule has 0 aromatic rings. The molecule has 0 amide bonds. The summed E-state index contributed by atoms with van der Waals surface area (Å²) in [6, 6.07) is 0. The fourth-order valence-electron chi connectivity index (χ4n) is 2.07. The molecule has 1 rings (SSSR count). The van der Waals surface area contributed by atoms with Crippen LogP contribution in [0.15, 0.2) is 47.0 Å². The molecule has 4 heteroatoms. The number of rotatable bonds is 6. The third-order valence-electron chi connectivity index (χ3n) is 3.46. The van der Waals surface area contributed by atoms with E-state index < -0.39 is 11.5 Å². The molecule has 0 spiro atoms. The van der Waals surface area contributed by atoms with Crippen LogP contribution in [0.3, 0.4) is 0 Å². The molecule has 0 fully saturated rings. The number of allylic oxidation sites excluding steroid dienone is 5. The van der Waals surface area contributed by atoms with Crippen LogP contribution < -0.4 is 0 Å². The highest BCUT2D eigenvalue weighted by molar-refractivity contribution is 6.20. The minimum absolute atomic E-state index is 0.00583. The average molecular weight is 290 g/mol. The Morgan fingerprint density at radius 2 is 2.00 bits per heavy atom. The largest absolute Gasteiger partial charge is 0.504 e. The Balaban J connectivity index is 3.01. The average Bonchev–Trinajstić information content (AvgIpc) is 2.41. The standard InChI is InChI=1S/C17H22O4/c1-10(2)6-7-12(11(3)4)8-13-14(18)9-15(21-5)17(20)16(13)19/h6,9,12,19H,3,7-8H2,1-2,4-5H3. The van der Waals surface area contributed by atoms with Crippen LogP contribution in [0.5, 0.6) is 0 Å². The van der Waals surface area contributed by atoms with Gasteiger partial charge in [-0.1, -0.05) is 23.8 Å². The Labute approximate surface area is 125 Å². The van der Waals surface area contributed by atoms with Crippen molar-refractivity contribution in [3.63, 3.8) is 0 Å². The molecule has 0 heterocycles. The lowest BCUT2D eigenvalue weighted by atomic mass is 9.86. The predicted octanol–water partition coefficient (Wildman–Crippen LogP) is 3.42. The second-order valence-corrected chi connectivity index (χ2v) is 5.50. The van der Waals surface area contributed by atoms with Gasteiger partial charge in [0.05, 0.1) is 7.11 Å². The Morgan fingerprint density at radius 1 is 1.38 bits per heavy atom. The maximum atomic E-state index is 12.0. The van der Waals surface area contributed by atoms with Crippen LogP contribution in [0, 0.1) is 5.92 Å². The highest BCUT2D eigenvalue weighted by atomic mass is 16.5. The third kappa shape index (κ3) is 4.18. The maximum Gasteiger partial charge on any atom is 0.262 e. The molecule has 1 N–H and O–H groups in total. The second kappa shape index (κ2) is 7.07. The van der Waals surface area contributed by atoms with E-state index in [1.54, 1.807) is 0 Å². The fraction of sp³-hybridized carbons (Fsp3) is 0.412. The molecule has 1 atom stereocenters. The first-order valence-corrected chi connectivity index (χ1v) is 6.83. The number of ketones is 2. The third-order valence-corrected chi connectivity index (χ3v) is 3.46. The van der Waals surface area contributed by atoms with Gasteiger partial charge in [-0.3, -0.25) is 9.59 Å². The number of carbonyl (C=O) groups excluding carboxylic acids is 2. The summed E-state index contributed by atoms with van der Waals surface area (Å²) in [6.45, 7) is 9.80. The molecule has 0 bridgehead atoms. The quantitative estimate of drug-likeness (QED) is 0.601. The van der Waals surface area contributed by atoms with Gasteiger partial charge in [-0.15, -0.1) is 0 Å². The monoisotopic (exact) mass is 290 g/mol. The number of carbonyl (C=O) groups is 2. The van der Waals surface area contributed by atoms with E-state index in [-0.39, 0.29) is 23.0 Å². The Kier molecular flexibility index (Phi) is 5.70. The van der Waals surface area contributed by atoms with Gasteiger partial charge in [-0.2, -0.15) is 0 Å². The van der Waals surface area contributed by atoms with Gasteiger partial charge in [-0.25, -0.2) is 0 Å². The van der Waals surface area contributed by atoms with Crippen LogP contribution in [0.25, 0.3) is 0 Å². The van der Waals surface area contributed by atoms with Gasteiger partial charge in [0.25, 0.3) is 5.78 Å². The van der Waals surface area contributed by atoms with Crippen molar-refractivity contribution in [2.75, 3.05) is 7.11 Å². The molecule has 1 aliphatic rings. The zero-order chi connectivity index (χ0) is 16.2. The Bertz CT molecular complexity index is 557. The van der Waals surface area contributed by atoms with Gasteiger partial charge in [0.1, 0.15) is 0 Å². The fourth-order valence-corrected chi connectivity index (χ4v) is 2.07. The van der Waals surface area contributed by atoms with Crippen molar-refractivity contribution in [1.82, 2.24) is 0 Å². The van der Waals surface area contributed by atoms with Crippen LogP contribution in [-0.2, 0) is 14.3 Å². The molecule has 4 nitrogen and oxygen atoms in total. The number of ether oxygens (including phenoxy) is 1. The molecule has 1 unspecified atom stereocenters. The van der Waals surface area contributed by atoms with Crippen LogP contribution in [0.2, 0.25) is 0 Å². The van der Waals surface area contributed by atoms with Gasteiger partial charge in [0.2, 0.25) is 0 Å². The summed E-state index contributed by atoms with van der Waals surface area (Å²) in [5.74, 6) is -1.66. The first-order valence-electron chi connectivity index (χ1n) is 6.83. The summed E-state index contributed by atoms with van der Waals surface area (Å²) < 4.78 is 4.79. The number of aliphatic hydroxyl groups excluding tert-OH is 1. The predicted molar refractivity (Wildman–Crippen MR) is 81.7 cm³/mol. The van der Waals surface area contributed by atoms with E-state index in [1.165, 1.54) is 12.7 Å². The molecule has 114 valence electrons. The minimum Gasteiger partial charge on any atom is -0.504 e. The lowest BCUT2D eigenvalue weighted by molar-refractivity contribution is -0.120. The van der Waals surface area contributed by atoms with Crippen molar-refractivity contribution in [1.29, 1.82) is 0 Å². The summed E-state index contributed by atoms with van der Waals surface area (Å²) in [7, 11) is 1.29. The molecule has 1 aliphatic carbocycles. The lowest BCUT2D eigenvalue weighted by Gasteiger charge is -2.20. The molecule has 0 aromatic carbocycles. The molecule has 0 radical (unpaired) electrons. The molecule has 0 aromatic heterocycles. The molecule has 0 saturated carbocycles. The van der Waals surface area contributed by atoms with Crippen molar-refractivity contribution in [3.05, 3.63) is 47.0 Å². The topological polar surface area (TPSA) is 63.6 Å². The van der Waals surface area contributed by atoms with Gasteiger partial charge in [0, 0.05) is 11.6 Å². The normalized spacial score (nSPS) is 16.5. The van der Waals surface area contributed by atoms with Crippen molar-refractivity contribution < 1.29 is 19.4 Å². The van der Waals surface area contributed by atoms with Crippen molar-refractivity contribution >= 4 is 11.6 Å². The van der Waals surface area contributed by atoms with Crippen LogP contribution in [-0.4, -0.2) is 23.8 Å². The van der Waals surface area contributed by atoms with E-state index in [2.05, 4.69) is 12.7 Å². The van der Waals surface area contributed by atoms with Crippen molar-refractivity contribution in [3.8, 4) is 0 Å². The first-order chi connectivity index (χ1) is 9.77.